The van der Waals surface area contributed by atoms with Crippen LogP contribution in [0.1, 0.15) is 43.9 Å². The molecule has 0 amide bonds. The molecule has 0 spiro atoms. The fourth-order valence-corrected chi connectivity index (χ4v) is 5.86. The highest BCUT2D eigenvalue weighted by molar-refractivity contribution is 7.07. The summed E-state index contributed by atoms with van der Waals surface area (Å²) in [4.78, 5) is 43.6. The Hall–Kier alpha value is -4.16. The van der Waals surface area contributed by atoms with Crippen molar-refractivity contribution in [1.29, 1.82) is 0 Å². The molecule has 0 unspecified atom stereocenters. The first-order chi connectivity index (χ1) is 19.7. The standard InChI is InChI=1S/C28H28ClN3O8S/c1-6-8-19-23(27(34)40-7-2)24(18-13-16(29)9-10-20(18)37-3)31-26(33)22(41-28(31)30-19)12-15-11-17(32(35)36)14-21(38-4)25(15)39-5/h9-14,24H,6-8H2,1-5H3/b22-12-/t24-/m0/s1. The molecule has 0 fully saturated rings. The van der Waals surface area contributed by atoms with Gasteiger partial charge in [-0.3, -0.25) is 19.5 Å². The lowest BCUT2D eigenvalue weighted by molar-refractivity contribution is -0.385. The molecular formula is C28H28ClN3O8S. The predicted octanol–water partition coefficient (Wildman–Crippen LogP) is 4.17. The van der Waals surface area contributed by atoms with E-state index in [9.17, 15) is 19.7 Å². The second kappa shape index (κ2) is 12.6. The van der Waals surface area contributed by atoms with Crippen LogP contribution in [-0.2, 0) is 9.53 Å². The second-order valence-corrected chi connectivity index (χ2v) is 10.3. The van der Waals surface area contributed by atoms with Crippen LogP contribution in [0.5, 0.6) is 17.2 Å². The zero-order chi connectivity index (χ0) is 29.8. The molecule has 0 aliphatic carbocycles. The van der Waals surface area contributed by atoms with E-state index in [0.29, 0.717) is 39.7 Å². The topological polar surface area (TPSA) is 131 Å². The summed E-state index contributed by atoms with van der Waals surface area (Å²) in [5, 5.41) is 12.0. The second-order valence-electron chi connectivity index (χ2n) is 8.83. The number of ether oxygens (including phenoxy) is 4. The molecule has 1 atom stereocenters. The molecule has 0 saturated carbocycles. The molecular weight excluding hydrogens is 574 g/mol. The van der Waals surface area contributed by atoms with E-state index in [4.69, 9.17) is 35.5 Å². The van der Waals surface area contributed by atoms with Crippen molar-refractivity contribution in [3.63, 3.8) is 0 Å². The first-order valence-electron chi connectivity index (χ1n) is 12.6. The fourth-order valence-electron chi connectivity index (χ4n) is 4.67. The smallest absolute Gasteiger partial charge is 0.338 e. The normalized spacial score (nSPS) is 14.8. The quantitative estimate of drug-likeness (QED) is 0.192. The average Bonchev–Trinajstić information content (AvgIpc) is 3.26. The van der Waals surface area contributed by atoms with E-state index in [-0.39, 0.29) is 39.5 Å². The number of allylic oxidation sites excluding steroid dienone is 1. The Morgan fingerprint density at radius 3 is 2.49 bits per heavy atom. The first kappa shape index (κ1) is 29.8. The van der Waals surface area contributed by atoms with Gasteiger partial charge in [-0.25, -0.2) is 9.79 Å². The number of hydrogen-bond acceptors (Lipinski definition) is 10. The number of benzene rings is 2. The number of nitro groups is 1. The Morgan fingerprint density at radius 1 is 1.15 bits per heavy atom. The number of thiazole rings is 1. The Morgan fingerprint density at radius 2 is 1.88 bits per heavy atom. The highest BCUT2D eigenvalue weighted by Crippen LogP contribution is 2.39. The van der Waals surface area contributed by atoms with Crippen LogP contribution in [0.25, 0.3) is 6.08 Å². The Labute approximate surface area is 244 Å². The Kier molecular flexibility index (Phi) is 9.14. The van der Waals surface area contributed by atoms with Gasteiger partial charge in [0.15, 0.2) is 16.3 Å². The Balaban J connectivity index is 2.09. The van der Waals surface area contributed by atoms with Crippen LogP contribution in [-0.4, -0.2) is 43.4 Å². The average molecular weight is 602 g/mol. The van der Waals surface area contributed by atoms with Gasteiger partial charge in [0, 0.05) is 22.2 Å². The number of non-ortho nitro benzene ring substituents is 1. The van der Waals surface area contributed by atoms with Crippen molar-refractivity contribution < 1.29 is 28.7 Å². The molecule has 0 saturated heterocycles. The highest BCUT2D eigenvalue weighted by atomic mass is 35.5. The zero-order valence-electron chi connectivity index (χ0n) is 23.1. The lowest BCUT2D eigenvalue weighted by atomic mass is 9.93. The van der Waals surface area contributed by atoms with Crippen LogP contribution in [0.15, 0.2) is 51.4 Å². The summed E-state index contributed by atoms with van der Waals surface area (Å²) < 4.78 is 23.4. The number of esters is 1. The molecule has 216 valence electrons. The van der Waals surface area contributed by atoms with E-state index < -0.39 is 22.5 Å². The molecule has 4 rings (SSSR count). The third kappa shape index (κ3) is 5.70. The number of nitrogens with zero attached hydrogens (tertiary/aromatic N) is 3. The summed E-state index contributed by atoms with van der Waals surface area (Å²) >= 11 is 7.46. The third-order valence-electron chi connectivity index (χ3n) is 6.37. The van der Waals surface area contributed by atoms with E-state index in [1.165, 1.54) is 44.1 Å². The lowest BCUT2D eigenvalue weighted by Crippen LogP contribution is -2.40. The predicted molar refractivity (Wildman–Crippen MR) is 154 cm³/mol. The first-order valence-corrected chi connectivity index (χ1v) is 13.8. The van der Waals surface area contributed by atoms with E-state index >= 15 is 0 Å². The lowest BCUT2D eigenvalue weighted by Gasteiger charge is -2.27. The van der Waals surface area contributed by atoms with Gasteiger partial charge in [-0.2, -0.15) is 0 Å². The van der Waals surface area contributed by atoms with Gasteiger partial charge in [-0.15, -0.1) is 0 Å². The largest absolute Gasteiger partial charge is 0.496 e. The number of nitro benzene ring substituents is 1. The molecule has 3 aromatic rings. The maximum Gasteiger partial charge on any atom is 0.338 e. The SMILES string of the molecule is CCCC1=C(C(=O)OCC)[C@H](c2cc(Cl)ccc2OC)n2c(s/c(=C\c3cc([N+](=O)[O-])cc(OC)c3OC)c2=O)=N1. The minimum absolute atomic E-state index is 0.125. The van der Waals surface area contributed by atoms with Crippen molar-refractivity contribution in [1.82, 2.24) is 4.57 Å². The summed E-state index contributed by atoms with van der Waals surface area (Å²) in [5.74, 6) is 0.165. The Bertz CT molecular complexity index is 1730. The maximum atomic E-state index is 14.1. The number of aromatic nitrogens is 1. The highest BCUT2D eigenvalue weighted by Gasteiger charge is 2.36. The summed E-state index contributed by atoms with van der Waals surface area (Å²) in [7, 11) is 4.25. The summed E-state index contributed by atoms with van der Waals surface area (Å²) in [6.45, 7) is 3.78. The van der Waals surface area contributed by atoms with Gasteiger partial charge in [0.2, 0.25) is 0 Å². The number of carbonyl (C=O) groups is 1. The zero-order valence-corrected chi connectivity index (χ0v) is 24.6. The van der Waals surface area contributed by atoms with Crippen LogP contribution in [0.4, 0.5) is 5.69 Å². The molecule has 41 heavy (non-hydrogen) atoms. The number of carbonyl (C=O) groups excluding carboxylic acids is 1. The van der Waals surface area contributed by atoms with Crippen LogP contribution in [0.3, 0.4) is 0 Å². The maximum absolute atomic E-state index is 14.1. The molecule has 0 radical (unpaired) electrons. The van der Waals surface area contributed by atoms with Crippen molar-refractivity contribution in [2.24, 2.45) is 4.99 Å². The summed E-state index contributed by atoms with van der Waals surface area (Å²) in [6, 6.07) is 6.54. The van der Waals surface area contributed by atoms with Crippen LogP contribution in [0.2, 0.25) is 5.02 Å². The van der Waals surface area contributed by atoms with Gasteiger partial charge in [-0.1, -0.05) is 36.3 Å². The van der Waals surface area contributed by atoms with Gasteiger partial charge in [0.25, 0.3) is 11.2 Å². The molecule has 2 heterocycles. The van der Waals surface area contributed by atoms with Crippen molar-refractivity contribution in [3.05, 3.63) is 87.6 Å². The number of methoxy groups -OCH3 is 3. The van der Waals surface area contributed by atoms with Gasteiger partial charge in [0.1, 0.15) is 11.8 Å². The monoisotopic (exact) mass is 601 g/mol. The van der Waals surface area contributed by atoms with Gasteiger partial charge in [-0.05, 0) is 37.6 Å². The van der Waals surface area contributed by atoms with Crippen LogP contribution < -0.4 is 29.1 Å². The molecule has 0 bridgehead atoms. The molecule has 1 aromatic heterocycles. The molecule has 0 N–H and O–H groups in total. The van der Waals surface area contributed by atoms with E-state index in [1.54, 1.807) is 25.1 Å². The number of fused-ring (bicyclic) bond motifs is 1. The number of rotatable bonds is 10. The molecule has 1 aliphatic heterocycles. The molecule has 1 aliphatic rings. The third-order valence-corrected chi connectivity index (χ3v) is 7.59. The van der Waals surface area contributed by atoms with E-state index in [1.807, 2.05) is 6.92 Å². The van der Waals surface area contributed by atoms with Crippen molar-refractivity contribution in [2.75, 3.05) is 27.9 Å². The molecule has 2 aromatic carbocycles. The minimum Gasteiger partial charge on any atom is -0.496 e. The van der Waals surface area contributed by atoms with Gasteiger partial charge in [0.05, 0.1) is 54.7 Å². The van der Waals surface area contributed by atoms with E-state index in [0.717, 1.165) is 11.3 Å². The molecule has 13 heteroatoms. The van der Waals surface area contributed by atoms with Crippen molar-refractivity contribution >= 4 is 40.7 Å². The van der Waals surface area contributed by atoms with Crippen LogP contribution >= 0.6 is 22.9 Å². The summed E-state index contributed by atoms with van der Waals surface area (Å²) in [5.41, 5.74) is 0.722. The van der Waals surface area contributed by atoms with Gasteiger partial charge < -0.3 is 18.9 Å². The molecule has 11 nitrogen and oxygen atoms in total. The number of hydrogen-bond donors (Lipinski definition) is 0. The summed E-state index contributed by atoms with van der Waals surface area (Å²) in [6.07, 6.45) is 2.62. The number of halogens is 1. The fraction of sp³-hybridized carbons (Fsp3) is 0.321. The van der Waals surface area contributed by atoms with Crippen LogP contribution in [0, 0.1) is 10.1 Å². The van der Waals surface area contributed by atoms with Crippen molar-refractivity contribution in [2.45, 2.75) is 32.7 Å². The van der Waals surface area contributed by atoms with E-state index in [2.05, 4.69) is 0 Å². The van der Waals surface area contributed by atoms with Gasteiger partial charge >= 0.3 is 5.97 Å². The van der Waals surface area contributed by atoms with Crippen molar-refractivity contribution in [3.8, 4) is 17.2 Å². The minimum atomic E-state index is -0.954.